The smallest absolute Gasteiger partial charge is 0.123 e. The molecule has 22 heavy (non-hydrogen) atoms. The molecule has 110 valence electrons. The van der Waals surface area contributed by atoms with Crippen LogP contribution in [0.1, 0.15) is 18.1 Å². The van der Waals surface area contributed by atoms with E-state index in [1.54, 1.807) is 6.92 Å². The number of para-hydroxylation sites is 1. The van der Waals surface area contributed by atoms with Crippen molar-refractivity contribution in [2.45, 2.75) is 6.92 Å². The number of rotatable bonds is 3. The van der Waals surface area contributed by atoms with E-state index in [0.29, 0.717) is 28.2 Å². The number of nitrogen functional groups attached to an aromatic ring is 1. The molecule has 6 heteroatoms. The van der Waals surface area contributed by atoms with E-state index < -0.39 is 0 Å². The van der Waals surface area contributed by atoms with Gasteiger partial charge in [-0.2, -0.15) is 5.26 Å². The highest BCUT2D eigenvalue weighted by atomic mass is 32.1. The van der Waals surface area contributed by atoms with Gasteiger partial charge in [0.1, 0.15) is 16.5 Å². The summed E-state index contributed by atoms with van der Waals surface area (Å²) in [5.41, 5.74) is 11.7. The highest BCUT2D eigenvalue weighted by molar-refractivity contribution is 7.71. The van der Waals surface area contributed by atoms with Crippen molar-refractivity contribution in [1.29, 1.82) is 5.26 Å². The number of hydrogen-bond donors (Lipinski definition) is 3. The number of H-pyrrole nitrogens is 1. The second-order valence-corrected chi connectivity index (χ2v) is 4.74. The highest BCUT2D eigenvalue weighted by Crippen LogP contribution is 2.35. The van der Waals surface area contributed by atoms with Gasteiger partial charge in [0.05, 0.1) is 23.9 Å². The number of nitrogens with zero attached hydrogens (tertiary/aromatic N) is 1. The number of aromatic nitrogens is 1. The van der Waals surface area contributed by atoms with E-state index in [1.165, 1.54) is 7.11 Å². The zero-order chi connectivity index (χ0) is 16.1. The van der Waals surface area contributed by atoms with Gasteiger partial charge in [0, 0.05) is 11.1 Å². The maximum atomic E-state index is 9.49. The van der Waals surface area contributed by atoms with Crippen molar-refractivity contribution in [1.82, 2.24) is 4.98 Å². The van der Waals surface area contributed by atoms with E-state index in [9.17, 15) is 5.26 Å². The van der Waals surface area contributed by atoms with Crippen molar-refractivity contribution < 1.29 is 4.84 Å². The maximum Gasteiger partial charge on any atom is 0.123 e. The van der Waals surface area contributed by atoms with Crippen LogP contribution in [0.2, 0.25) is 0 Å². The second-order valence-electron chi connectivity index (χ2n) is 4.33. The van der Waals surface area contributed by atoms with Crippen LogP contribution in [0.25, 0.3) is 11.1 Å². The Kier molecular flexibility index (Phi) is 4.80. The molecule has 0 spiro atoms. The lowest BCUT2D eigenvalue weighted by Gasteiger charge is -2.14. The van der Waals surface area contributed by atoms with E-state index in [2.05, 4.69) is 28.4 Å². The first-order valence-electron chi connectivity index (χ1n) is 6.41. The first-order chi connectivity index (χ1) is 10.6. The van der Waals surface area contributed by atoms with Crippen molar-refractivity contribution in [2.75, 3.05) is 18.3 Å². The molecule has 2 rings (SSSR count). The van der Waals surface area contributed by atoms with Gasteiger partial charge in [-0.15, -0.1) is 5.92 Å². The van der Waals surface area contributed by atoms with Crippen LogP contribution in [0.5, 0.6) is 0 Å². The van der Waals surface area contributed by atoms with Crippen molar-refractivity contribution in [2.24, 2.45) is 0 Å². The third kappa shape index (κ3) is 2.79. The summed E-state index contributed by atoms with van der Waals surface area (Å²) in [4.78, 5) is 7.81. The van der Waals surface area contributed by atoms with Gasteiger partial charge >= 0.3 is 0 Å². The van der Waals surface area contributed by atoms with Gasteiger partial charge in [0.15, 0.2) is 0 Å². The van der Waals surface area contributed by atoms with Crippen LogP contribution in [-0.2, 0) is 4.84 Å². The van der Waals surface area contributed by atoms with Gasteiger partial charge < -0.3 is 10.7 Å². The number of aromatic amines is 1. The van der Waals surface area contributed by atoms with Crippen LogP contribution in [0.4, 0.5) is 11.5 Å². The number of nitrogens with two attached hydrogens (primary N) is 1. The molecule has 1 aromatic carbocycles. The Morgan fingerprint density at radius 2 is 2.05 bits per heavy atom. The van der Waals surface area contributed by atoms with Crippen molar-refractivity contribution in [3.8, 4) is 29.0 Å². The summed E-state index contributed by atoms with van der Waals surface area (Å²) in [7, 11) is 1.51. The molecule has 0 saturated heterocycles. The molecule has 0 unspecified atom stereocenters. The predicted molar refractivity (Wildman–Crippen MR) is 89.4 cm³/mol. The number of hydrogen-bond acceptors (Lipinski definition) is 5. The molecule has 1 heterocycles. The number of pyridine rings is 1. The van der Waals surface area contributed by atoms with E-state index in [0.717, 1.165) is 5.56 Å². The monoisotopic (exact) mass is 310 g/mol. The van der Waals surface area contributed by atoms with Gasteiger partial charge in [-0.1, -0.05) is 36.3 Å². The summed E-state index contributed by atoms with van der Waals surface area (Å²) in [6.45, 7) is 1.70. The van der Waals surface area contributed by atoms with Crippen LogP contribution >= 0.6 is 12.2 Å². The Morgan fingerprint density at radius 1 is 1.32 bits per heavy atom. The number of nitrogens with one attached hydrogen (secondary N) is 2. The fraction of sp³-hybridized carbons (Fsp3) is 0.125. The molecule has 0 aliphatic rings. The lowest BCUT2D eigenvalue weighted by Crippen LogP contribution is -2.04. The van der Waals surface area contributed by atoms with Crippen LogP contribution in [0.15, 0.2) is 24.3 Å². The Bertz CT molecular complexity index is 868. The van der Waals surface area contributed by atoms with Gasteiger partial charge in [-0.05, 0) is 13.0 Å². The summed E-state index contributed by atoms with van der Waals surface area (Å²) < 4.78 is 0.281. The standard InChI is InChI=1S/C16H14N4OS/c1-3-6-11-14(12(9-17)16(22)19-15(11)18)10-7-4-5-8-13(10)20-21-2/h4-5,7-8,20H,1-2H3,(H3,18,19,22). The molecular weight excluding hydrogens is 296 g/mol. The molecule has 0 amide bonds. The molecule has 0 atom stereocenters. The SMILES string of the molecule is CC#Cc1c(N)[nH]c(=S)c(C#N)c1-c1ccccc1NOC. The van der Waals surface area contributed by atoms with Gasteiger partial charge in [0.2, 0.25) is 0 Å². The first kappa shape index (κ1) is 15.6. The fourth-order valence-electron chi connectivity index (χ4n) is 2.15. The van der Waals surface area contributed by atoms with E-state index in [1.807, 2.05) is 24.3 Å². The molecule has 2 aromatic rings. The minimum atomic E-state index is 0.281. The van der Waals surface area contributed by atoms with Gasteiger partial charge in [-0.25, -0.2) is 0 Å². The molecule has 0 saturated carbocycles. The van der Waals surface area contributed by atoms with Crippen LogP contribution < -0.4 is 11.2 Å². The third-order valence-electron chi connectivity index (χ3n) is 3.01. The average Bonchev–Trinajstić information content (AvgIpc) is 2.51. The Balaban J connectivity index is 2.93. The topological polar surface area (TPSA) is 86.9 Å². The molecule has 4 N–H and O–H groups in total. The van der Waals surface area contributed by atoms with E-state index in [-0.39, 0.29) is 4.64 Å². The maximum absolute atomic E-state index is 9.49. The van der Waals surface area contributed by atoms with Crippen molar-refractivity contribution in [3.05, 3.63) is 40.0 Å². The molecule has 5 nitrogen and oxygen atoms in total. The fourth-order valence-corrected chi connectivity index (χ4v) is 2.41. The summed E-state index contributed by atoms with van der Waals surface area (Å²) in [5, 5.41) is 9.49. The summed E-state index contributed by atoms with van der Waals surface area (Å²) in [5.74, 6) is 6.09. The molecule has 0 fully saturated rings. The Labute approximate surface area is 133 Å². The van der Waals surface area contributed by atoms with Crippen molar-refractivity contribution in [3.63, 3.8) is 0 Å². The second kappa shape index (κ2) is 6.77. The minimum absolute atomic E-state index is 0.281. The summed E-state index contributed by atoms with van der Waals surface area (Å²) in [6.07, 6.45) is 0. The number of benzene rings is 1. The van der Waals surface area contributed by atoms with Gasteiger partial charge in [0.25, 0.3) is 0 Å². The summed E-state index contributed by atoms with van der Waals surface area (Å²) >= 11 is 5.22. The molecule has 0 bridgehead atoms. The average molecular weight is 310 g/mol. The molecule has 0 aliphatic heterocycles. The van der Waals surface area contributed by atoms with Crippen LogP contribution in [0.3, 0.4) is 0 Å². The zero-order valence-electron chi connectivity index (χ0n) is 12.2. The van der Waals surface area contributed by atoms with E-state index >= 15 is 0 Å². The van der Waals surface area contributed by atoms with Crippen LogP contribution in [-0.4, -0.2) is 12.1 Å². The molecule has 1 aromatic heterocycles. The van der Waals surface area contributed by atoms with E-state index in [4.69, 9.17) is 22.8 Å². The molecule has 0 radical (unpaired) electrons. The molecule has 0 aliphatic carbocycles. The zero-order valence-corrected chi connectivity index (χ0v) is 13.0. The quantitative estimate of drug-likeness (QED) is 0.460. The third-order valence-corrected chi connectivity index (χ3v) is 3.32. The normalized spacial score (nSPS) is 9.50. The summed E-state index contributed by atoms with van der Waals surface area (Å²) in [6, 6.07) is 9.53. The Morgan fingerprint density at radius 3 is 2.68 bits per heavy atom. The number of nitriles is 1. The largest absolute Gasteiger partial charge is 0.384 e. The lowest BCUT2D eigenvalue weighted by molar-refractivity contribution is 0.271. The minimum Gasteiger partial charge on any atom is -0.384 e. The first-order valence-corrected chi connectivity index (χ1v) is 6.81. The Hall–Kier alpha value is -2.80. The van der Waals surface area contributed by atoms with Crippen LogP contribution in [0, 0.1) is 27.8 Å². The van der Waals surface area contributed by atoms with Crippen molar-refractivity contribution >= 4 is 23.7 Å². The molecular formula is C16H14N4OS. The lowest BCUT2D eigenvalue weighted by atomic mass is 9.95. The predicted octanol–water partition coefficient (Wildman–Crippen LogP) is 3.21. The van der Waals surface area contributed by atoms with Gasteiger partial charge in [-0.3, -0.25) is 10.3 Å². The highest BCUT2D eigenvalue weighted by Gasteiger charge is 2.17. The number of anilines is 2.